The largest absolute Gasteiger partial charge is 0.344 e. The van der Waals surface area contributed by atoms with Crippen LogP contribution in [0.3, 0.4) is 0 Å². The summed E-state index contributed by atoms with van der Waals surface area (Å²) in [6.07, 6.45) is -0.244. The van der Waals surface area contributed by atoms with Crippen molar-refractivity contribution in [3.8, 4) is 16.8 Å². The lowest BCUT2D eigenvalue weighted by molar-refractivity contribution is 0.674. The Morgan fingerprint density at radius 1 is 0.456 bits per heavy atom. The molecule has 1 unspecified atom stereocenters. The smallest absolute Gasteiger partial charge is 0.160 e. The van der Waals surface area contributed by atoms with Crippen LogP contribution in [-0.4, -0.2) is 16.2 Å². The lowest BCUT2D eigenvalue weighted by Crippen LogP contribution is -2.33. The number of amidine groups is 2. The first-order valence-electron chi connectivity index (χ1n) is 19.2. The van der Waals surface area contributed by atoms with Crippen LogP contribution < -0.4 is 5.32 Å². The van der Waals surface area contributed by atoms with Gasteiger partial charge in [0.25, 0.3) is 0 Å². The average Bonchev–Trinajstić information content (AvgIpc) is 3.96. The third kappa shape index (κ3) is 5.18. The van der Waals surface area contributed by atoms with Gasteiger partial charge in [-0.1, -0.05) is 140 Å². The second kappa shape index (κ2) is 12.8. The zero-order valence-corrected chi connectivity index (χ0v) is 32.2. The highest BCUT2D eigenvalue weighted by atomic mass is 32.1. The molecule has 11 aromatic rings. The van der Waals surface area contributed by atoms with Gasteiger partial charge in [-0.2, -0.15) is 0 Å². The predicted molar refractivity (Wildman–Crippen MR) is 244 cm³/mol. The molecule has 1 aliphatic heterocycles. The Kier molecular flexibility index (Phi) is 7.30. The first-order chi connectivity index (χ1) is 28.2. The zero-order valence-electron chi connectivity index (χ0n) is 30.6. The fourth-order valence-corrected chi connectivity index (χ4v) is 11.0. The van der Waals surface area contributed by atoms with Gasteiger partial charge >= 0.3 is 0 Å². The highest BCUT2D eigenvalue weighted by molar-refractivity contribution is 7.26. The van der Waals surface area contributed by atoms with Gasteiger partial charge in [0.1, 0.15) is 12.0 Å². The molecule has 0 radical (unpaired) electrons. The number of hydrogen-bond donors (Lipinski definition) is 1. The van der Waals surface area contributed by atoms with Crippen molar-refractivity contribution < 1.29 is 0 Å². The number of nitrogens with zero attached hydrogens (tertiary/aromatic N) is 3. The predicted octanol–water partition coefficient (Wildman–Crippen LogP) is 13.7. The normalized spacial score (nSPS) is 14.5. The van der Waals surface area contributed by atoms with Crippen molar-refractivity contribution in [3.63, 3.8) is 0 Å². The van der Waals surface area contributed by atoms with Crippen molar-refractivity contribution in [2.45, 2.75) is 6.17 Å². The van der Waals surface area contributed by atoms with Gasteiger partial charge in [-0.15, -0.1) is 22.7 Å². The number of para-hydroxylation sites is 2. The highest BCUT2D eigenvalue weighted by Crippen LogP contribution is 2.43. The molecule has 1 aliphatic rings. The quantitative estimate of drug-likeness (QED) is 0.186. The van der Waals surface area contributed by atoms with E-state index in [4.69, 9.17) is 9.98 Å². The molecule has 0 amide bonds. The molecule has 8 aromatic carbocycles. The van der Waals surface area contributed by atoms with Gasteiger partial charge in [0.2, 0.25) is 0 Å². The second-order valence-electron chi connectivity index (χ2n) is 14.6. The monoisotopic (exact) mass is 764 g/mol. The molecule has 0 spiro atoms. The fourth-order valence-electron chi connectivity index (χ4n) is 8.59. The second-order valence-corrected chi connectivity index (χ2v) is 16.7. The highest BCUT2D eigenvalue weighted by Gasteiger charge is 2.23. The summed E-state index contributed by atoms with van der Waals surface area (Å²) in [4.78, 5) is 10.4. The van der Waals surface area contributed by atoms with Crippen LogP contribution >= 0.6 is 22.7 Å². The molecule has 0 bridgehead atoms. The molecule has 3 aromatic heterocycles. The van der Waals surface area contributed by atoms with Crippen molar-refractivity contribution in [1.29, 1.82) is 0 Å². The van der Waals surface area contributed by atoms with Crippen molar-refractivity contribution >= 4 is 96.5 Å². The van der Waals surface area contributed by atoms with Crippen molar-refractivity contribution in [2.24, 2.45) is 9.98 Å². The Bertz CT molecular complexity index is 3390. The van der Waals surface area contributed by atoms with Crippen LogP contribution in [-0.2, 0) is 0 Å². The van der Waals surface area contributed by atoms with Crippen LogP contribution in [0.2, 0.25) is 0 Å². The minimum absolute atomic E-state index is 0.244. The zero-order chi connectivity index (χ0) is 37.5. The molecule has 0 aliphatic carbocycles. The first kappa shape index (κ1) is 32.4. The fraction of sp³-hybridized carbons (Fsp3) is 0.0196. The third-order valence-corrected chi connectivity index (χ3v) is 13.7. The Balaban J connectivity index is 0.970. The molecule has 12 rings (SSSR count). The Morgan fingerprint density at radius 2 is 1.09 bits per heavy atom. The molecule has 1 atom stereocenters. The summed E-state index contributed by atoms with van der Waals surface area (Å²) in [6.45, 7) is 0. The van der Waals surface area contributed by atoms with E-state index in [0.717, 1.165) is 28.4 Å². The van der Waals surface area contributed by atoms with E-state index in [-0.39, 0.29) is 6.17 Å². The maximum absolute atomic E-state index is 5.21. The molecule has 268 valence electrons. The number of aromatic nitrogens is 1. The van der Waals surface area contributed by atoms with E-state index in [9.17, 15) is 0 Å². The number of hydrogen-bond acceptors (Lipinski definition) is 5. The van der Waals surface area contributed by atoms with E-state index in [1.165, 1.54) is 79.0 Å². The molecule has 0 saturated heterocycles. The summed E-state index contributed by atoms with van der Waals surface area (Å²) in [5.41, 5.74) is 9.31. The molecular weight excluding hydrogens is 733 g/mol. The Morgan fingerprint density at radius 3 is 1.88 bits per heavy atom. The summed E-state index contributed by atoms with van der Waals surface area (Å²) < 4.78 is 7.49. The molecule has 6 heteroatoms. The number of aliphatic imine (C=N–C) groups is 2. The van der Waals surface area contributed by atoms with E-state index in [2.05, 4.69) is 180 Å². The van der Waals surface area contributed by atoms with E-state index >= 15 is 0 Å². The SMILES string of the molecule is c1ccc(C2=NC(c3cccc4c3sc3ccc(-c5ccc6c(c5)sc5c(-n7c8ccccc8c8ccccc87)cccc56)cc34)=NC(c3ccccc3)N2)cc1. The standard InChI is InChI=1S/C51H32N4S2/c1-3-13-31(14-4-1)49-52-50(32-15-5-2-6-16-32)54-51(53-49)40-21-11-19-39-41-29-33(26-28-45(41)56-47(39)40)34-25-27-37-38-20-12-24-44(48(38)57-46(37)30-34)55-42-22-9-7-17-35(42)36-18-8-10-23-43(36)55/h1-30,49H,(H,52,53,54). The number of benzene rings is 8. The van der Waals surface area contributed by atoms with Crippen LogP contribution in [0.15, 0.2) is 192 Å². The molecule has 57 heavy (non-hydrogen) atoms. The Labute approximate surface area is 336 Å². The summed E-state index contributed by atoms with van der Waals surface area (Å²) in [5.74, 6) is 1.57. The molecule has 0 fully saturated rings. The minimum Gasteiger partial charge on any atom is -0.344 e. The van der Waals surface area contributed by atoms with Gasteiger partial charge in [-0.25, -0.2) is 9.98 Å². The lowest BCUT2D eigenvalue weighted by atomic mass is 10.0. The topological polar surface area (TPSA) is 41.7 Å². The number of nitrogens with one attached hydrogen (secondary N) is 1. The molecule has 1 N–H and O–H groups in total. The van der Waals surface area contributed by atoms with Crippen molar-refractivity contribution in [2.75, 3.05) is 0 Å². The number of fused-ring (bicyclic) bond motifs is 9. The van der Waals surface area contributed by atoms with E-state index < -0.39 is 0 Å². The summed E-state index contributed by atoms with van der Waals surface area (Å²) in [5, 5.41) is 11.2. The van der Waals surface area contributed by atoms with Gasteiger partial charge in [0.15, 0.2) is 5.84 Å². The van der Waals surface area contributed by atoms with Crippen molar-refractivity contribution in [3.05, 3.63) is 199 Å². The van der Waals surface area contributed by atoms with E-state index in [1.807, 2.05) is 34.8 Å². The lowest BCUT2D eigenvalue weighted by Gasteiger charge is -2.23. The van der Waals surface area contributed by atoms with Crippen molar-refractivity contribution in [1.82, 2.24) is 9.88 Å². The van der Waals surface area contributed by atoms with E-state index in [0.29, 0.717) is 0 Å². The number of thiophene rings is 2. The maximum Gasteiger partial charge on any atom is 0.160 e. The van der Waals surface area contributed by atoms with Crippen LogP contribution in [0.25, 0.3) is 79.0 Å². The van der Waals surface area contributed by atoms with Crippen LogP contribution in [0.4, 0.5) is 0 Å². The van der Waals surface area contributed by atoms with Gasteiger partial charge in [0, 0.05) is 57.5 Å². The summed E-state index contributed by atoms with van der Waals surface area (Å²) in [7, 11) is 0. The van der Waals surface area contributed by atoms with Crippen LogP contribution in [0.1, 0.15) is 22.9 Å². The van der Waals surface area contributed by atoms with Gasteiger partial charge in [-0.05, 0) is 59.2 Å². The molecule has 0 saturated carbocycles. The first-order valence-corrected chi connectivity index (χ1v) is 20.8. The van der Waals surface area contributed by atoms with Gasteiger partial charge < -0.3 is 9.88 Å². The Hall–Kier alpha value is -6.86. The molecular formula is C51H32N4S2. The maximum atomic E-state index is 5.21. The van der Waals surface area contributed by atoms with Gasteiger partial charge in [-0.3, -0.25) is 0 Å². The van der Waals surface area contributed by atoms with Crippen LogP contribution in [0.5, 0.6) is 0 Å². The summed E-state index contributed by atoms with van der Waals surface area (Å²) >= 11 is 3.70. The van der Waals surface area contributed by atoms with Crippen LogP contribution in [0, 0.1) is 0 Å². The minimum atomic E-state index is -0.244. The van der Waals surface area contributed by atoms with E-state index in [1.54, 1.807) is 0 Å². The molecule has 4 nitrogen and oxygen atoms in total. The third-order valence-electron chi connectivity index (χ3n) is 11.3. The van der Waals surface area contributed by atoms with Gasteiger partial charge in [0.05, 0.1) is 21.4 Å². The summed E-state index contributed by atoms with van der Waals surface area (Å²) in [6, 6.07) is 65.4. The number of rotatable bonds is 5. The average molecular weight is 765 g/mol. The molecule has 4 heterocycles.